The van der Waals surface area contributed by atoms with E-state index in [-0.39, 0.29) is 18.9 Å². The Morgan fingerprint density at radius 2 is 1.56 bits per heavy atom. The Bertz CT molecular complexity index is 1250. The molecule has 176 valence electrons. The van der Waals surface area contributed by atoms with Gasteiger partial charge in [-0.2, -0.15) is 0 Å². The number of nitrogens with one attached hydrogen (secondary N) is 1. The first-order valence-electron chi connectivity index (χ1n) is 11.4. The summed E-state index contributed by atoms with van der Waals surface area (Å²) >= 11 is 0. The van der Waals surface area contributed by atoms with Crippen molar-refractivity contribution in [1.29, 1.82) is 0 Å². The first kappa shape index (κ1) is 23.2. The number of unbranched alkanes of at least 4 members (excludes halogenated alkanes) is 1. The molecule has 0 bridgehead atoms. The number of aryl methyl sites for hydroxylation is 1. The summed E-state index contributed by atoms with van der Waals surface area (Å²) in [6, 6.07) is 24.8. The Hall–Kier alpha value is -4.00. The lowest BCUT2D eigenvalue weighted by molar-refractivity contribution is -0.121. The Balaban J connectivity index is 1.09. The number of oxazole rings is 1. The van der Waals surface area contributed by atoms with Crippen LogP contribution in [0.3, 0.4) is 0 Å². The van der Waals surface area contributed by atoms with E-state index in [1.54, 1.807) is 6.07 Å². The van der Waals surface area contributed by atoms with Crippen LogP contribution in [-0.4, -0.2) is 23.6 Å². The highest BCUT2D eigenvalue weighted by molar-refractivity contribution is 5.76. The molecule has 0 unspecified atom stereocenters. The van der Waals surface area contributed by atoms with E-state index in [1.807, 2.05) is 72.8 Å². The van der Waals surface area contributed by atoms with E-state index in [4.69, 9.17) is 13.9 Å². The molecule has 0 spiro atoms. The number of carbonyl (C=O) groups is 1. The minimum absolute atomic E-state index is 0.0933. The maximum absolute atomic E-state index is 12.1. The highest BCUT2D eigenvalue weighted by atomic mass is 16.5. The van der Waals surface area contributed by atoms with E-state index in [1.165, 1.54) is 4.57 Å². The molecule has 0 saturated heterocycles. The SMILES string of the molecule is O=C(CCn1c(=O)oc2ccccc21)NCCCCOc1ccc(OCc2ccccc2)cc1. The molecule has 1 N–H and O–H groups in total. The molecular formula is C27H28N2O5. The number of hydrogen-bond acceptors (Lipinski definition) is 5. The average molecular weight is 461 g/mol. The Morgan fingerprint density at radius 1 is 0.853 bits per heavy atom. The smallest absolute Gasteiger partial charge is 0.419 e. The fourth-order valence-corrected chi connectivity index (χ4v) is 3.55. The summed E-state index contributed by atoms with van der Waals surface area (Å²) in [5.41, 5.74) is 2.36. The van der Waals surface area contributed by atoms with Gasteiger partial charge in [0.2, 0.25) is 5.91 Å². The number of amides is 1. The molecule has 0 aliphatic rings. The van der Waals surface area contributed by atoms with Crippen LogP contribution in [0.2, 0.25) is 0 Å². The van der Waals surface area contributed by atoms with Gasteiger partial charge in [0.25, 0.3) is 0 Å². The Morgan fingerprint density at radius 3 is 2.35 bits per heavy atom. The van der Waals surface area contributed by atoms with Gasteiger partial charge >= 0.3 is 5.76 Å². The van der Waals surface area contributed by atoms with Crippen LogP contribution in [0.25, 0.3) is 11.1 Å². The number of fused-ring (bicyclic) bond motifs is 1. The molecule has 0 radical (unpaired) electrons. The van der Waals surface area contributed by atoms with Gasteiger partial charge in [-0.1, -0.05) is 42.5 Å². The molecule has 34 heavy (non-hydrogen) atoms. The Labute approximate surface area is 197 Å². The number of nitrogens with zero attached hydrogens (tertiary/aromatic N) is 1. The predicted octanol–water partition coefficient (Wildman–Crippen LogP) is 4.54. The lowest BCUT2D eigenvalue weighted by Gasteiger charge is -2.09. The topological polar surface area (TPSA) is 82.7 Å². The van der Waals surface area contributed by atoms with E-state index in [9.17, 15) is 9.59 Å². The van der Waals surface area contributed by atoms with E-state index >= 15 is 0 Å². The Kier molecular flexibility index (Phi) is 8.00. The maximum atomic E-state index is 12.1. The summed E-state index contributed by atoms with van der Waals surface area (Å²) in [7, 11) is 0. The van der Waals surface area contributed by atoms with E-state index < -0.39 is 5.76 Å². The first-order valence-corrected chi connectivity index (χ1v) is 11.4. The standard InChI is InChI=1S/C27H28N2O5/c30-26(16-18-29-24-10-4-5-11-25(24)34-27(29)31)28-17-6-7-19-32-22-12-14-23(15-13-22)33-20-21-8-2-1-3-9-21/h1-5,8-15H,6-7,16-20H2,(H,28,30). The third kappa shape index (κ3) is 6.51. The zero-order valence-electron chi connectivity index (χ0n) is 18.9. The maximum Gasteiger partial charge on any atom is 0.419 e. The lowest BCUT2D eigenvalue weighted by atomic mass is 10.2. The predicted molar refractivity (Wildman–Crippen MR) is 130 cm³/mol. The second-order valence-electron chi connectivity index (χ2n) is 7.89. The van der Waals surface area contributed by atoms with Gasteiger partial charge in [0.05, 0.1) is 12.1 Å². The zero-order chi connectivity index (χ0) is 23.6. The molecule has 7 heteroatoms. The van der Waals surface area contributed by atoms with Gasteiger partial charge in [0, 0.05) is 19.5 Å². The van der Waals surface area contributed by atoms with E-state index in [0.717, 1.165) is 29.9 Å². The van der Waals surface area contributed by atoms with E-state index in [0.29, 0.717) is 30.9 Å². The minimum Gasteiger partial charge on any atom is -0.494 e. The third-order valence-electron chi connectivity index (χ3n) is 5.37. The second-order valence-corrected chi connectivity index (χ2v) is 7.89. The summed E-state index contributed by atoms with van der Waals surface area (Å²) < 4.78 is 18.2. The number of ether oxygens (including phenoxy) is 2. The van der Waals surface area contributed by atoms with Gasteiger partial charge in [-0.05, 0) is 54.8 Å². The van der Waals surface area contributed by atoms with Gasteiger partial charge in [-0.3, -0.25) is 9.36 Å². The monoisotopic (exact) mass is 460 g/mol. The van der Waals surface area contributed by atoms with Gasteiger partial charge in [-0.25, -0.2) is 4.79 Å². The highest BCUT2D eigenvalue weighted by Crippen LogP contribution is 2.19. The van der Waals surface area contributed by atoms with Crippen LogP contribution < -0.4 is 20.5 Å². The fraction of sp³-hybridized carbons (Fsp3) is 0.259. The summed E-state index contributed by atoms with van der Waals surface area (Å²) in [5, 5.41) is 2.89. The van der Waals surface area contributed by atoms with Gasteiger partial charge in [0.15, 0.2) is 5.58 Å². The molecule has 4 aromatic rings. The van der Waals surface area contributed by atoms with Gasteiger partial charge in [0.1, 0.15) is 18.1 Å². The van der Waals surface area contributed by atoms with Crippen molar-refractivity contribution in [3.63, 3.8) is 0 Å². The van der Waals surface area contributed by atoms with Gasteiger partial charge < -0.3 is 19.2 Å². The van der Waals surface area contributed by atoms with Crippen molar-refractivity contribution in [3.8, 4) is 11.5 Å². The molecule has 4 rings (SSSR count). The van der Waals surface area contributed by atoms with Crippen LogP contribution >= 0.6 is 0 Å². The van der Waals surface area contributed by atoms with Crippen molar-refractivity contribution in [2.45, 2.75) is 32.4 Å². The minimum atomic E-state index is -0.443. The first-order chi connectivity index (χ1) is 16.7. The lowest BCUT2D eigenvalue weighted by Crippen LogP contribution is -2.27. The van der Waals surface area contributed by atoms with Gasteiger partial charge in [-0.15, -0.1) is 0 Å². The number of para-hydroxylation sites is 2. The second kappa shape index (κ2) is 11.7. The molecule has 1 aromatic heterocycles. The largest absolute Gasteiger partial charge is 0.494 e. The number of rotatable bonds is 12. The van der Waals surface area contributed by atoms with Crippen LogP contribution in [0.15, 0.2) is 88.1 Å². The fourth-order valence-electron chi connectivity index (χ4n) is 3.55. The van der Waals surface area contributed by atoms with Crippen molar-refractivity contribution < 1.29 is 18.7 Å². The summed E-state index contributed by atoms with van der Waals surface area (Å²) in [4.78, 5) is 24.1. The zero-order valence-corrected chi connectivity index (χ0v) is 18.9. The molecule has 1 amide bonds. The van der Waals surface area contributed by atoms with E-state index in [2.05, 4.69) is 5.32 Å². The quantitative estimate of drug-likeness (QED) is 0.314. The van der Waals surface area contributed by atoms with Crippen molar-refractivity contribution in [2.75, 3.05) is 13.2 Å². The summed E-state index contributed by atoms with van der Waals surface area (Å²) in [6.45, 7) is 1.95. The molecule has 0 saturated carbocycles. The molecule has 0 fully saturated rings. The number of carbonyl (C=O) groups excluding carboxylic acids is 1. The molecule has 0 atom stereocenters. The molecule has 1 heterocycles. The summed E-state index contributed by atoms with van der Waals surface area (Å²) in [5.74, 6) is 1.05. The molecule has 3 aromatic carbocycles. The number of benzene rings is 3. The van der Waals surface area contributed by atoms with Crippen LogP contribution in [0, 0.1) is 0 Å². The van der Waals surface area contributed by atoms with Crippen molar-refractivity contribution in [1.82, 2.24) is 9.88 Å². The van der Waals surface area contributed by atoms with Crippen LogP contribution in [0.1, 0.15) is 24.8 Å². The van der Waals surface area contributed by atoms with Crippen molar-refractivity contribution in [2.24, 2.45) is 0 Å². The van der Waals surface area contributed by atoms with Crippen LogP contribution in [0.5, 0.6) is 11.5 Å². The molecular weight excluding hydrogens is 432 g/mol. The van der Waals surface area contributed by atoms with Crippen molar-refractivity contribution >= 4 is 17.0 Å². The average Bonchev–Trinajstić information content (AvgIpc) is 3.19. The van der Waals surface area contributed by atoms with Crippen LogP contribution in [-0.2, 0) is 17.9 Å². The normalized spacial score (nSPS) is 10.8. The molecule has 7 nitrogen and oxygen atoms in total. The van der Waals surface area contributed by atoms with Crippen molar-refractivity contribution in [3.05, 3.63) is 95.0 Å². The summed E-state index contributed by atoms with van der Waals surface area (Å²) in [6.07, 6.45) is 1.84. The van der Waals surface area contributed by atoms with Crippen LogP contribution in [0.4, 0.5) is 0 Å². The third-order valence-corrected chi connectivity index (χ3v) is 5.37. The molecule has 0 aliphatic carbocycles. The molecule has 0 aliphatic heterocycles. The number of hydrogen-bond donors (Lipinski definition) is 1. The number of aromatic nitrogens is 1. The highest BCUT2D eigenvalue weighted by Gasteiger charge is 2.10.